The Morgan fingerprint density at radius 1 is 1.24 bits per heavy atom. The van der Waals surface area contributed by atoms with E-state index in [4.69, 9.17) is 0 Å². The second kappa shape index (κ2) is 4.42. The zero-order valence-electron chi connectivity index (χ0n) is 9.53. The van der Waals surface area contributed by atoms with Crippen molar-refractivity contribution in [3.05, 3.63) is 72.9 Å². The third kappa shape index (κ3) is 2.07. The molecule has 0 radical (unpaired) electrons. The van der Waals surface area contributed by atoms with Crippen molar-refractivity contribution in [1.29, 1.82) is 0 Å². The third-order valence-electron chi connectivity index (χ3n) is 3.08. The van der Waals surface area contributed by atoms with Gasteiger partial charge >= 0.3 is 0 Å². The first-order valence-electron chi connectivity index (χ1n) is 5.85. The van der Waals surface area contributed by atoms with Crippen molar-refractivity contribution < 1.29 is 0 Å². The summed E-state index contributed by atoms with van der Waals surface area (Å²) in [5.74, 6) is 0.503. The quantitative estimate of drug-likeness (QED) is 0.760. The van der Waals surface area contributed by atoms with Crippen LogP contribution < -0.4 is 0 Å². The van der Waals surface area contributed by atoms with Crippen LogP contribution in [-0.4, -0.2) is 9.55 Å². The fourth-order valence-electron chi connectivity index (χ4n) is 2.16. The molecule has 1 unspecified atom stereocenters. The highest BCUT2D eigenvalue weighted by molar-refractivity contribution is 5.39. The average molecular weight is 222 g/mol. The fraction of sp³-hybridized carbons (Fsp3) is 0.133. The minimum atomic E-state index is 0.503. The zero-order valence-corrected chi connectivity index (χ0v) is 9.53. The van der Waals surface area contributed by atoms with Crippen molar-refractivity contribution in [2.24, 2.45) is 0 Å². The van der Waals surface area contributed by atoms with Gasteiger partial charge in [-0.25, -0.2) is 4.98 Å². The van der Waals surface area contributed by atoms with E-state index >= 15 is 0 Å². The fourth-order valence-corrected chi connectivity index (χ4v) is 2.16. The summed E-state index contributed by atoms with van der Waals surface area (Å²) in [4.78, 5) is 4.08. The lowest BCUT2D eigenvalue weighted by Gasteiger charge is -2.14. The number of hydrogen-bond acceptors (Lipinski definition) is 1. The molecular formula is C15H14N2. The van der Waals surface area contributed by atoms with E-state index < -0.39 is 0 Å². The number of nitrogens with zero attached hydrogens (tertiary/aromatic N) is 2. The van der Waals surface area contributed by atoms with Gasteiger partial charge in [0.1, 0.15) is 0 Å². The molecule has 1 heterocycles. The summed E-state index contributed by atoms with van der Waals surface area (Å²) in [7, 11) is 0. The summed E-state index contributed by atoms with van der Waals surface area (Å²) in [6.07, 6.45) is 15.4. The number of rotatable bonds is 2. The lowest BCUT2D eigenvalue weighted by molar-refractivity contribution is 0.850. The molecule has 1 aromatic heterocycles. The van der Waals surface area contributed by atoms with E-state index in [1.165, 1.54) is 11.3 Å². The van der Waals surface area contributed by atoms with Crippen LogP contribution in [0.5, 0.6) is 0 Å². The highest BCUT2D eigenvalue weighted by Gasteiger charge is 2.08. The van der Waals surface area contributed by atoms with Crippen molar-refractivity contribution in [2.75, 3.05) is 0 Å². The molecule has 0 fully saturated rings. The van der Waals surface area contributed by atoms with Gasteiger partial charge < -0.3 is 4.57 Å². The summed E-state index contributed by atoms with van der Waals surface area (Å²) in [6.45, 7) is 0. The standard InChI is InChI=1S/C15H14N2/c1-2-5-13(6-3-1)14-7-4-8-15(11-14)17-10-9-16-12-17/h1-5,7-13H,6H2. The lowest BCUT2D eigenvalue weighted by atomic mass is 9.92. The minimum Gasteiger partial charge on any atom is -0.306 e. The largest absolute Gasteiger partial charge is 0.306 e. The molecule has 0 bridgehead atoms. The van der Waals surface area contributed by atoms with Crippen LogP contribution in [0.3, 0.4) is 0 Å². The Balaban J connectivity index is 1.94. The van der Waals surface area contributed by atoms with Crippen LogP contribution in [0.15, 0.2) is 67.3 Å². The number of hydrogen-bond donors (Lipinski definition) is 0. The SMILES string of the molecule is C1=CCC(c2cccc(-n3ccnc3)c2)C=C1. The first kappa shape index (κ1) is 10.1. The van der Waals surface area contributed by atoms with Gasteiger partial charge in [0.15, 0.2) is 0 Å². The minimum absolute atomic E-state index is 0.503. The second-order valence-corrected chi connectivity index (χ2v) is 4.22. The number of imidazole rings is 1. The second-order valence-electron chi connectivity index (χ2n) is 4.22. The monoisotopic (exact) mass is 222 g/mol. The van der Waals surface area contributed by atoms with Crippen LogP contribution in [-0.2, 0) is 0 Å². The summed E-state index contributed by atoms with van der Waals surface area (Å²) >= 11 is 0. The topological polar surface area (TPSA) is 17.8 Å². The third-order valence-corrected chi connectivity index (χ3v) is 3.08. The van der Waals surface area contributed by atoms with Gasteiger partial charge in [0, 0.05) is 24.0 Å². The molecule has 84 valence electrons. The Bertz CT molecular complexity index is 550. The van der Waals surface area contributed by atoms with E-state index in [9.17, 15) is 0 Å². The van der Waals surface area contributed by atoms with E-state index in [1.54, 1.807) is 6.20 Å². The molecule has 2 nitrogen and oxygen atoms in total. The molecule has 1 atom stereocenters. The molecule has 0 N–H and O–H groups in total. The Labute approximate surface area is 101 Å². The van der Waals surface area contributed by atoms with Gasteiger partial charge in [0.25, 0.3) is 0 Å². The van der Waals surface area contributed by atoms with Gasteiger partial charge in [0.2, 0.25) is 0 Å². The van der Waals surface area contributed by atoms with E-state index in [0.29, 0.717) is 5.92 Å². The Hall–Kier alpha value is -2.09. The van der Waals surface area contributed by atoms with Gasteiger partial charge in [-0.05, 0) is 24.1 Å². The number of benzene rings is 1. The summed E-state index contributed by atoms with van der Waals surface area (Å²) in [5, 5.41) is 0. The normalized spacial score (nSPS) is 18.5. The molecule has 0 saturated heterocycles. The van der Waals surface area contributed by atoms with Gasteiger partial charge in [-0.1, -0.05) is 36.4 Å². The predicted molar refractivity (Wildman–Crippen MR) is 69.2 cm³/mol. The number of allylic oxidation sites excluding steroid dienone is 4. The van der Waals surface area contributed by atoms with Gasteiger partial charge in [-0.3, -0.25) is 0 Å². The van der Waals surface area contributed by atoms with Crippen LogP contribution in [0, 0.1) is 0 Å². The Morgan fingerprint density at radius 3 is 3.00 bits per heavy atom. The lowest BCUT2D eigenvalue weighted by Crippen LogP contribution is -1.98. The molecule has 17 heavy (non-hydrogen) atoms. The predicted octanol–water partition coefficient (Wildman–Crippen LogP) is 3.47. The van der Waals surface area contributed by atoms with Gasteiger partial charge in [0.05, 0.1) is 6.33 Å². The summed E-state index contributed by atoms with van der Waals surface area (Å²) in [6, 6.07) is 8.63. The van der Waals surface area contributed by atoms with Crippen molar-refractivity contribution in [3.8, 4) is 5.69 Å². The summed E-state index contributed by atoms with van der Waals surface area (Å²) < 4.78 is 2.03. The Morgan fingerprint density at radius 2 is 2.24 bits per heavy atom. The van der Waals surface area contributed by atoms with Crippen LogP contribution >= 0.6 is 0 Å². The molecule has 1 aromatic carbocycles. The van der Waals surface area contributed by atoms with Gasteiger partial charge in [-0.2, -0.15) is 0 Å². The van der Waals surface area contributed by atoms with E-state index in [-0.39, 0.29) is 0 Å². The molecule has 3 rings (SSSR count). The summed E-state index contributed by atoms with van der Waals surface area (Å²) in [5.41, 5.74) is 2.53. The maximum Gasteiger partial charge on any atom is 0.0991 e. The molecule has 1 aliphatic rings. The van der Waals surface area contributed by atoms with Crippen molar-refractivity contribution >= 4 is 0 Å². The van der Waals surface area contributed by atoms with Gasteiger partial charge in [-0.15, -0.1) is 0 Å². The van der Waals surface area contributed by atoms with Crippen LogP contribution in [0.4, 0.5) is 0 Å². The molecule has 1 aliphatic carbocycles. The zero-order chi connectivity index (χ0) is 11.5. The van der Waals surface area contributed by atoms with E-state index in [1.807, 2.05) is 17.1 Å². The molecule has 0 spiro atoms. The molecule has 0 amide bonds. The first-order valence-corrected chi connectivity index (χ1v) is 5.85. The smallest absolute Gasteiger partial charge is 0.0991 e. The molecule has 0 aliphatic heterocycles. The van der Waals surface area contributed by atoms with Crippen molar-refractivity contribution in [2.45, 2.75) is 12.3 Å². The molecular weight excluding hydrogens is 208 g/mol. The molecule has 2 aromatic rings. The van der Waals surface area contributed by atoms with E-state index in [0.717, 1.165) is 6.42 Å². The van der Waals surface area contributed by atoms with Crippen LogP contribution in [0.1, 0.15) is 17.9 Å². The van der Waals surface area contributed by atoms with Crippen molar-refractivity contribution in [1.82, 2.24) is 9.55 Å². The molecule has 2 heteroatoms. The maximum atomic E-state index is 4.08. The highest BCUT2D eigenvalue weighted by atomic mass is 15.0. The van der Waals surface area contributed by atoms with Crippen LogP contribution in [0.2, 0.25) is 0 Å². The number of aromatic nitrogens is 2. The average Bonchev–Trinajstić information content (AvgIpc) is 2.94. The molecule has 0 saturated carbocycles. The van der Waals surface area contributed by atoms with Crippen LogP contribution in [0.25, 0.3) is 5.69 Å². The van der Waals surface area contributed by atoms with E-state index in [2.05, 4.69) is 53.6 Å². The first-order chi connectivity index (χ1) is 8.43. The highest BCUT2D eigenvalue weighted by Crippen LogP contribution is 2.25. The maximum absolute atomic E-state index is 4.08. The Kier molecular flexibility index (Phi) is 2.62. The van der Waals surface area contributed by atoms with Crippen molar-refractivity contribution in [3.63, 3.8) is 0 Å².